The molecular formula is C16H17N3O5. The molecule has 0 fully saturated rings. The first-order chi connectivity index (χ1) is 11.6. The Morgan fingerprint density at radius 3 is 2.62 bits per heavy atom. The van der Waals surface area contributed by atoms with Gasteiger partial charge in [0.05, 0.1) is 17.2 Å². The number of unbranched alkanes of at least 4 members (excludes halogenated alkanes) is 1. The number of rotatable bonds is 7. The van der Waals surface area contributed by atoms with E-state index in [1.165, 1.54) is 18.0 Å². The number of benzene rings is 1. The Morgan fingerprint density at radius 2 is 1.88 bits per heavy atom. The zero-order valence-corrected chi connectivity index (χ0v) is 12.8. The molecule has 24 heavy (non-hydrogen) atoms. The summed E-state index contributed by atoms with van der Waals surface area (Å²) < 4.78 is 5.33. The molecule has 0 unspecified atom stereocenters. The highest BCUT2D eigenvalue weighted by Crippen LogP contribution is 2.09. The Morgan fingerprint density at radius 1 is 1.17 bits per heavy atom. The number of hydrazone groups is 1. The average Bonchev–Trinajstić information content (AvgIpc) is 2.60. The molecule has 3 N–H and O–H groups in total. The molecule has 2 aromatic rings. The minimum atomic E-state index is -0.489. The summed E-state index contributed by atoms with van der Waals surface area (Å²) in [6.07, 6.45) is 3.79. The van der Waals surface area contributed by atoms with Crippen molar-refractivity contribution in [3.05, 3.63) is 46.3 Å². The lowest BCUT2D eigenvalue weighted by molar-refractivity contribution is -0.129. The minimum Gasteiger partial charge on any atom is -0.463 e. The standard InChI is InChI=1S/C16H17N3O5/c20-14(7-3-4-8-15(21)19-23)18-17-9-11-10-24-13-6-2-1-5-12(13)16(11)22/h1-2,5-6,9-10,23H,3-4,7-8H2,(H,18,20)(H,19,21)/b17-9+. The van der Waals surface area contributed by atoms with Crippen LogP contribution >= 0.6 is 0 Å². The molecule has 0 aliphatic carbocycles. The van der Waals surface area contributed by atoms with Gasteiger partial charge in [-0.1, -0.05) is 12.1 Å². The van der Waals surface area contributed by atoms with Crippen LogP contribution in [0.4, 0.5) is 0 Å². The fourth-order valence-corrected chi connectivity index (χ4v) is 2.04. The van der Waals surface area contributed by atoms with E-state index in [1.807, 2.05) is 0 Å². The lowest BCUT2D eigenvalue weighted by atomic mass is 10.2. The van der Waals surface area contributed by atoms with Gasteiger partial charge in [0.1, 0.15) is 11.8 Å². The molecule has 0 atom stereocenters. The largest absolute Gasteiger partial charge is 0.463 e. The predicted octanol–water partition coefficient (Wildman–Crippen LogP) is 1.31. The molecule has 1 aromatic carbocycles. The van der Waals surface area contributed by atoms with Crippen LogP contribution in [0.3, 0.4) is 0 Å². The van der Waals surface area contributed by atoms with Gasteiger partial charge < -0.3 is 4.42 Å². The zero-order chi connectivity index (χ0) is 17.4. The highest BCUT2D eigenvalue weighted by molar-refractivity contribution is 5.87. The SMILES string of the molecule is O=C(CCCCC(=O)N/N=C/c1coc2ccccc2c1=O)NO. The first-order valence-corrected chi connectivity index (χ1v) is 7.37. The monoisotopic (exact) mass is 331 g/mol. The Labute approximate surface area is 137 Å². The van der Waals surface area contributed by atoms with Crippen molar-refractivity contribution in [3.63, 3.8) is 0 Å². The molecule has 0 radical (unpaired) electrons. The van der Waals surface area contributed by atoms with Crippen molar-refractivity contribution in [1.29, 1.82) is 0 Å². The average molecular weight is 331 g/mol. The number of nitrogens with zero attached hydrogens (tertiary/aromatic N) is 1. The fraction of sp³-hybridized carbons (Fsp3) is 0.250. The molecule has 2 amide bonds. The summed E-state index contributed by atoms with van der Waals surface area (Å²) >= 11 is 0. The number of carbonyl (C=O) groups is 2. The summed E-state index contributed by atoms with van der Waals surface area (Å²) in [6.45, 7) is 0. The second-order valence-electron chi connectivity index (χ2n) is 5.05. The van der Waals surface area contributed by atoms with Crippen LogP contribution in [0.15, 0.2) is 44.8 Å². The van der Waals surface area contributed by atoms with Crippen LogP contribution in [0.1, 0.15) is 31.2 Å². The third kappa shape index (κ3) is 4.75. The van der Waals surface area contributed by atoms with Gasteiger partial charge >= 0.3 is 0 Å². The summed E-state index contributed by atoms with van der Waals surface area (Å²) in [5.74, 6) is -0.822. The lowest BCUT2D eigenvalue weighted by Crippen LogP contribution is -2.19. The number of nitrogens with one attached hydrogen (secondary N) is 2. The summed E-state index contributed by atoms with van der Waals surface area (Å²) in [4.78, 5) is 34.5. The Balaban J connectivity index is 1.86. The smallest absolute Gasteiger partial charge is 0.243 e. The van der Waals surface area contributed by atoms with Gasteiger partial charge in [-0.3, -0.25) is 19.6 Å². The number of fused-ring (bicyclic) bond motifs is 1. The van der Waals surface area contributed by atoms with Crippen molar-refractivity contribution in [1.82, 2.24) is 10.9 Å². The van der Waals surface area contributed by atoms with Crippen LogP contribution in [-0.4, -0.2) is 23.2 Å². The van der Waals surface area contributed by atoms with Gasteiger partial charge in [-0.15, -0.1) is 0 Å². The predicted molar refractivity (Wildman–Crippen MR) is 86.6 cm³/mol. The van der Waals surface area contributed by atoms with Gasteiger partial charge in [0.2, 0.25) is 17.2 Å². The summed E-state index contributed by atoms with van der Waals surface area (Å²) in [7, 11) is 0. The number of carbonyl (C=O) groups excluding carboxylic acids is 2. The molecule has 126 valence electrons. The van der Waals surface area contributed by atoms with Gasteiger partial charge in [0.25, 0.3) is 0 Å². The third-order valence-electron chi connectivity index (χ3n) is 3.28. The quantitative estimate of drug-likeness (QED) is 0.306. The first-order valence-electron chi connectivity index (χ1n) is 7.37. The highest BCUT2D eigenvalue weighted by Gasteiger charge is 2.05. The van der Waals surface area contributed by atoms with Crippen molar-refractivity contribution in [3.8, 4) is 0 Å². The van der Waals surface area contributed by atoms with Gasteiger partial charge in [-0.05, 0) is 25.0 Å². The van der Waals surface area contributed by atoms with E-state index in [2.05, 4.69) is 10.5 Å². The van der Waals surface area contributed by atoms with Crippen molar-refractivity contribution in [2.45, 2.75) is 25.7 Å². The van der Waals surface area contributed by atoms with E-state index in [4.69, 9.17) is 9.62 Å². The van der Waals surface area contributed by atoms with E-state index in [0.29, 0.717) is 23.8 Å². The highest BCUT2D eigenvalue weighted by atomic mass is 16.5. The second-order valence-corrected chi connectivity index (χ2v) is 5.05. The van der Waals surface area contributed by atoms with E-state index < -0.39 is 5.91 Å². The summed E-state index contributed by atoms with van der Waals surface area (Å²) in [6, 6.07) is 6.85. The summed E-state index contributed by atoms with van der Waals surface area (Å²) in [5.41, 5.74) is 4.31. The van der Waals surface area contributed by atoms with Crippen molar-refractivity contribution >= 4 is 29.0 Å². The third-order valence-corrected chi connectivity index (χ3v) is 3.28. The van der Waals surface area contributed by atoms with Gasteiger partial charge in [-0.25, -0.2) is 10.9 Å². The van der Waals surface area contributed by atoms with E-state index in [0.717, 1.165) is 0 Å². The maximum Gasteiger partial charge on any atom is 0.243 e. The van der Waals surface area contributed by atoms with Gasteiger partial charge in [0, 0.05) is 12.8 Å². The molecule has 0 aliphatic heterocycles. The fourth-order valence-electron chi connectivity index (χ4n) is 2.04. The number of hydroxylamine groups is 1. The molecule has 2 rings (SSSR count). The lowest BCUT2D eigenvalue weighted by Gasteiger charge is -2.00. The molecule has 0 aliphatic rings. The van der Waals surface area contributed by atoms with Crippen molar-refractivity contribution in [2.75, 3.05) is 0 Å². The number of amides is 2. The van der Waals surface area contributed by atoms with Gasteiger partial charge in [0.15, 0.2) is 0 Å². The van der Waals surface area contributed by atoms with E-state index in [-0.39, 0.29) is 29.7 Å². The zero-order valence-electron chi connectivity index (χ0n) is 12.8. The Kier molecular flexibility index (Phi) is 6.21. The van der Waals surface area contributed by atoms with Crippen LogP contribution in [-0.2, 0) is 9.59 Å². The van der Waals surface area contributed by atoms with Crippen molar-refractivity contribution in [2.24, 2.45) is 5.10 Å². The molecule has 8 heteroatoms. The molecule has 0 spiro atoms. The first kappa shape index (κ1) is 17.4. The van der Waals surface area contributed by atoms with Crippen LogP contribution < -0.4 is 16.3 Å². The molecular weight excluding hydrogens is 314 g/mol. The molecule has 0 saturated carbocycles. The van der Waals surface area contributed by atoms with Crippen molar-refractivity contribution < 1.29 is 19.2 Å². The maximum absolute atomic E-state index is 12.2. The molecule has 0 saturated heterocycles. The van der Waals surface area contributed by atoms with E-state index in [9.17, 15) is 14.4 Å². The number of hydrogen-bond donors (Lipinski definition) is 3. The Bertz CT molecular complexity index is 813. The molecule has 1 heterocycles. The van der Waals surface area contributed by atoms with E-state index >= 15 is 0 Å². The second kappa shape index (κ2) is 8.59. The van der Waals surface area contributed by atoms with Crippen LogP contribution in [0.25, 0.3) is 11.0 Å². The number of para-hydroxylation sites is 1. The minimum absolute atomic E-state index is 0.144. The van der Waals surface area contributed by atoms with Crippen LogP contribution in [0, 0.1) is 0 Å². The van der Waals surface area contributed by atoms with Crippen LogP contribution in [0.5, 0.6) is 0 Å². The van der Waals surface area contributed by atoms with Crippen LogP contribution in [0.2, 0.25) is 0 Å². The summed E-state index contributed by atoms with van der Waals surface area (Å²) in [5, 5.41) is 12.5. The maximum atomic E-state index is 12.2. The van der Waals surface area contributed by atoms with E-state index in [1.54, 1.807) is 24.3 Å². The van der Waals surface area contributed by atoms with Gasteiger partial charge in [-0.2, -0.15) is 5.10 Å². The molecule has 0 bridgehead atoms. The molecule has 1 aromatic heterocycles. The Hall–Kier alpha value is -3.00. The topological polar surface area (TPSA) is 121 Å². The number of hydrogen-bond acceptors (Lipinski definition) is 6. The molecule has 8 nitrogen and oxygen atoms in total. The normalized spacial score (nSPS) is 10.9.